The highest BCUT2D eigenvalue weighted by Crippen LogP contribution is 2.22. The summed E-state index contributed by atoms with van der Waals surface area (Å²) in [7, 11) is 0. The lowest BCUT2D eigenvalue weighted by Crippen LogP contribution is -2.24. The van der Waals surface area contributed by atoms with Crippen LogP contribution in [0.15, 0.2) is 34.2 Å². The summed E-state index contributed by atoms with van der Waals surface area (Å²) in [4.78, 5) is 17.1. The topological polar surface area (TPSA) is 58.7 Å². The Morgan fingerprint density at radius 1 is 1.45 bits per heavy atom. The van der Waals surface area contributed by atoms with Crippen LogP contribution in [0, 0.1) is 11.3 Å². The Kier molecular flexibility index (Phi) is 4.80. The van der Waals surface area contributed by atoms with Gasteiger partial charge >= 0.3 is 0 Å². The first-order chi connectivity index (χ1) is 9.67. The van der Waals surface area contributed by atoms with Crippen LogP contribution >= 0.6 is 11.8 Å². The molecule has 1 unspecified atom stereocenters. The van der Waals surface area contributed by atoms with Crippen molar-refractivity contribution in [1.29, 1.82) is 5.26 Å². The molecular weight excluding hydrogens is 270 g/mol. The van der Waals surface area contributed by atoms with Crippen molar-refractivity contribution in [3.63, 3.8) is 0 Å². The average molecular weight is 287 g/mol. The van der Waals surface area contributed by atoms with Crippen LogP contribution in [-0.4, -0.2) is 14.8 Å². The van der Waals surface area contributed by atoms with Gasteiger partial charge in [0.15, 0.2) is 5.16 Å². The van der Waals surface area contributed by atoms with Gasteiger partial charge in [-0.15, -0.1) is 0 Å². The predicted molar refractivity (Wildman–Crippen MR) is 81.8 cm³/mol. The van der Waals surface area contributed by atoms with Gasteiger partial charge in [0.1, 0.15) is 0 Å². The summed E-state index contributed by atoms with van der Waals surface area (Å²) in [6.45, 7) is 4.55. The number of nitriles is 1. The van der Waals surface area contributed by atoms with Crippen molar-refractivity contribution in [2.45, 2.75) is 43.6 Å². The highest BCUT2D eigenvalue weighted by atomic mass is 32.2. The third-order valence-corrected chi connectivity index (χ3v) is 4.01. The Hall–Kier alpha value is -1.80. The summed E-state index contributed by atoms with van der Waals surface area (Å²) in [5, 5.41) is 10.0. The van der Waals surface area contributed by atoms with E-state index in [2.05, 4.69) is 18.0 Å². The maximum atomic E-state index is 12.6. The van der Waals surface area contributed by atoms with Gasteiger partial charge in [-0.2, -0.15) is 5.26 Å². The van der Waals surface area contributed by atoms with Crippen molar-refractivity contribution in [3.05, 3.63) is 34.6 Å². The molecule has 104 valence electrons. The number of thioether (sulfide) groups is 1. The zero-order chi connectivity index (χ0) is 14.5. The number of hydrogen-bond donors (Lipinski definition) is 0. The molecule has 0 spiro atoms. The number of aromatic nitrogens is 2. The third-order valence-electron chi connectivity index (χ3n) is 3.03. The summed E-state index contributed by atoms with van der Waals surface area (Å²) in [5.41, 5.74) is 0.676. The summed E-state index contributed by atoms with van der Waals surface area (Å²) >= 11 is 1.34. The van der Waals surface area contributed by atoms with E-state index >= 15 is 0 Å². The molecule has 2 aromatic rings. The van der Waals surface area contributed by atoms with E-state index in [1.165, 1.54) is 11.8 Å². The van der Waals surface area contributed by atoms with Crippen LogP contribution in [-0.2, 0) is 6.54 Å². The Morgan fingerprint density at radius 3 is 2.90 bits per heavy atom. The van der Waals surface area contributed by atoms with Crippen LogP contribution in [0.25, 0.3) is 10.9 Å². The van der Waals surface area contributed by atoms with E-state index < -0.39 is 0 Å². The Morgan fingerprint density at radius 2 is 2.20 bits per heavy atom. The van der Waals surface area contributed by atoms with Gasteiger partial charge in [-0.3, -0.25) is 9.36 Å². The van der Waals surface area contributed by atoms with E-state index in [0.717, 1.165) is 12.8 Å². The molecule has 0 bridgehead atoms. The maximum absolute atomic E-state index is 12.6. The molecule has 0 N–H and O–H groups in total. The van der Waals surface area contributed by atoms with Crippen LogP contribution < -0.4 is 5.56 Å². The number of para-hydroxylation sites is 1. The van der Waals surface area contributed by atoms with Gasteiger partial charge in [0.2, 0.25) is 0 Å². The molecule has 0 fully saturated rings. The van der Waals surface area contributed by atoms with E-state index in [1.807, 2.05) is 25.1 Å². The summed E-state index contributed by atoms with van der Waals surface area (Å²) in [5.74, 6) is 0. The second kappa shape index (κ2) is 6.58. The van der Waals surface area contributed by atoms with Crippen LogP contribution in [0.3, 0.4) is 0 Å². The number of nitrogens with zero attached hydrogens (tertiary/aromatic N) is 3. The van der Waals surface area contributed by atoms with Gasteiger partial charge in [0, 0.05) is 6.54 Å². The molecule has 0 saturated heterocycles. The minimum absolute atomic E-state index is 0.0170. The van der Waals surface area contributed by atoms with Crippen LogP contribution in [0.2, 0.25) is 0 Å². The lowest BCUT2D eigenvalue weighted by molar-refractivity contribution is 0.557. The van der Waals surface area contributed by atoms with E-state index in [0.29, 0.717) is 22.6 Å². The Labute approximate surface area is 122 Å². The SMILES string of the molecule is CCCCn1c(SC(C)C#N)nc2ccccc2c1=O. The van der Waals surface area contributed by atoms with E-state index in [4.69, 9.17) is 5.26 Å². The van der Waals surface area contributed by atoms with Crippen LogP contribution in [0.4, 0.5) is 0 Å². The van der Waals surface area contributed by atoms with Crippen molar-refractivity contribution in [3.8, 4) is 6.07 Å². The molecule has 1 aromatic carbocycles. The Balaban J connectivity index is 2.57. The molecule has 1 heterocycles. The molecule has 0 saturated carbocycles. The van der Waals surface area contributed by atoms with Crippen molar-refractivity contribution >= 4 is 22.7 Å². The van der Waals surface area contributed by atoms with Gasteiger partial charge in [0.25, 0.3) is 5.56 Å². The molecule has 20 heavy (non-hydrogen) atoms. The van der Waals surface area contributed by atoms with Gasteiger partial charge in [-0.1, -0.05) is 37.2 Å². The fourth-order valence-corrected chi connectivity index (χ4v) is 2.76. The third kappa shape index (κ3) is 3.02. The molecule has 0 radical (unpaired) electrons. The van der Waals surface area contributed by atoms with Gasteiger partial charge in [-0.25, -0.2) is 4.98 Å². The van der Waals surface area contributed by atoms with E-state index in [1.54, 1.807) is 10.6 Å². The Bertz CT molecular complexity index is 702. The van der Waals surface area contributed by atoms with Crippen LogP contribution in [0.1, 0.15) is 26.7 Å². The molecule has 0 aliphatic carbocycles. The van der Waals surface area contributed by atoms with Crippen molar-refractivity contribution in [2.75, 3.05) is 0 Å². The monoisotopic (exact) mass is 287 g/mol. The molecule has 0 amide bonds. The molecule has 0 aliphatic heterocycles. The molecule has 0 aliphatic rings. The fraction of sp³-hybridized carbons (Fsp3) is 0.400. The standard InChI is InChI=1S/C15H17N3OS/c1-3-4-9-18-14(19)12-7-5-6-8-13(12)17-15(18)20-11(2)10-16/h5-8,11H,3-4,9H2,1-2H3. The molecule has 2 rings (SSSR count). The summed E-state index contributed by atoms with van der Waals surface area (Å²) < 4.78 is 1.70. The smallest absolute Gasteiger partial charge is 0.262 e. The zero-order valence-electron chi connectivity index (χ0n) is 11.7. The van der Waals surface area contributed by atoms with Gasteiger partial charge in [0.05, 0.1) is 22.2 Å². The predicted octanol–water partition coefficient (Wildman–Crippen LogP) is 3.20. The first-order valence-corrected chi connectivity index (χ1v) is 7.61. The molecule has 4 nitrogen and oxygen atoms in total. The lowest BCUT2D eigenvalue weighted by atomic mass is 10.2. The minimum Gasteiger partial charge on any atom is -0.287 e. The van der Waals surface area contributed by atoms with E-state index in [-0.39, 0.29) is 10.8 Å². The zero-order valence-corrected chi connectivity index (χ0v) is 12.5. The molecule has 5 heteroatoms. The average Bonchev–Trinajstić information content (AvgIpc) is 2.47. The van der Waals surface area contributed by atoms with E-state index in [9.17, 15) is 4.79 Å². The highest BCUT2D eigenvalue weighted by Gasteiger charge is 2.13. The number of benzene rings is 1. The highest BCUT2D eigenvalue weighted by molar-refractivity contribution is 8.00. The minimum atomic E-state index is -0.226. The molecule has 1 aromatic heterocycles. The summed E-state index contributed by atoms with van der Waals surface area (Å²) in [6, 6.07) is 9.52. The molecule has 1 atom stereocenters. The fourth-order valence-electron chi connectivity index (χ4n) is 1.94. The quantitative estimate of drug-likeness (QED) is 0.626. The van der Waals surface area contributed by atoms with Crippen molar-refractivity contribution in [2.24, 2.45) is 0 Å². The molecular formula is C15H17N3OS. The van der Waals surface area contributed by atoms with Crippen molar-refractivity contribution < 1.29 is 0 Å². The lowest BCUT2D eigenvalue weighted by Gasteiger charge is -2.13. The first-order valence-electron chi connectivity index (χ1n) is 6.73. The maximum Gasteiger partial charge on any atom is 0.262 e. The van der Waals surface area contributed by atoms with Crippen molar-refractivity contribution in [1.82, 2.24) is 9.55 Å². The number of hydrogen-bond acceptors (Lipinski definition) is 4. The first kappa shape index (κ1) is 14.6. The number of unbranched alkanes of at least 4 members (excludes halogenated alkanes) is 1. The number of fused-ring (bicyclic) bond motifs is 1. The van der Waals surface area contributed by atoms with Gasteiger partial charge < -0.3 is 0 Å². The summed E-state index contributed by atoms with van der Waals surface area (Å²) in [6.07, 6.45) is 1.94. The normalized spacial score (nSPS) is 12.2. The second-order valence-electron chi connectivity index (χ2n) is 4.61. The van der Waals surface area contributed by atoms with Gasteiger partial charge in [-0.05, 0) is 25.5 Å². The number of rotatable bonds is 5. The second-order valence-corrected chi connectivity index (χ2v) is 5.92. The largest absolute Gasteiger partial charge is 0.287 e. The van der Waals surface area contributed by atoms with Crippen LogP contribution in [0.5, 0.6) is 0 Å².